The fourth-order valence-electron chi connectivity index (χ4n) is 8.83. The summed E-state index contributed by atoms with van der Waals surface area (Å²) in [5, 5.41) is 19.2. The molecule has 5 aromatic heterocycles. The van der Waals surface area contributed by atoms with Gasteiger partial charge in [0.25, 0.3) is 0 Å². The van der Waals surface area contributed by atoms with Gasteiger partial charge in [0.1, 0.15) is 39.2 Å². The van der Waals surface area contributed by atoms with Crippen molar-refractivity contribution in [2.24, 2.45) is 0 Å². The molecule has 13 aromatic rings. The molecule has 8 nitrogen and oxygen atoms in total. The molecule has 0 aliphatic rings. The molecule has 13 rings (SSSR count). The van der Waals surface area contributed by atoms with Crippen LogP contribution in [0.1, 0.15) is 0 Å². The zero-order chi connectivity index (χ0) is 40.0. The number of pyridine rings is 1. The summed E-state index contributed by atoms with van der Waals surface area (Å²) in [5.41, 5.74) is 8.80. The van der Waals surface area contributed by atoms with Gasteiger partial charge in [-0.3, -0.25) is 9.80 Å². The third-order valence-corrected chi connectivity index (χ3v) is 11.8. The number of hydrogen-bond donors (Lipinski definition) is 0. The summed E-state index contributed by atoms with van der Waals surface area (Å²) >= 11 is 0. The minimum Gasteiger partial charge on any atom is -0.456 e. The summed E-state index contributed by atoms with van der Waals surface area (Å²) in [4.78, 5) is 9.29. The molecular formula is C53H31N5O3. The normalized spacial score (nSPS) is 11.9. The van der Waals surface area contributed by atoms with Gasteiger partial charge in [-0.05, 0) is 82.2 Å². The zero-order valence-corrected chi connectivity index (χ0v) is 32.4. The number of rotatable bonds is 6. The molecule has 0 atom stereocenters. The lowest BCUT2D eigenvalue weighted by atomic mass is 10.1. The maximum absolute atomic E-state index is 6.71. The highest BCUT2D eigenvalue weighted by Gasteiger charge is 2.22. The van der Waals surface area contributed by atoms with E-state index in [4.69, 9.17) is 28.4 Å². The second-order valence-corrected chi connectivity index (χ2v) is 15.3. The van der Waals surface area contributed by atoms with E-state index in [1.807, 2.05) is 54.7 Å². The van der Waals surface area contributed by atoms with Gasteiger partial charge >= 0.3 is 0 Å². The van der Waals surface area contributed by atoms with Gasteiger partial charge in [0, 0.05) is 63.4 Å². The maximum atomic E-state index is 6.71. The topological polar surface area (TPSA) is 84.6 Å². The molecule has 0 saturated heterocycles. The Morgan fingerprint density at radius 3 is 1.36 bits per heavy atom. The van der Waals surface area contributed by atoms with Gasteiger partial charge in [0.15, 0.2) is 11.4 Å². The molecule has 0 bridgehead atoms. The molecule has 61 heavy (non-hydrogen) atoms. The Morgan fingerprint density at radius 2 is 0.754 bits per heavy atom. The summed E-state index contributed by atoms with van der Waals surface area (Å²) in [6, 6.07) is 62.3. The molecule has 0 radical (unpaired) electrons. The minimum atomic E-state index is 0.593. The van der Waals surface area contributed by atoms with Crippen molar-refractivity contribution >= 4 is 122 Å². The maximum Gasteiger partial charge on any atom is 0.164 e. The van der Waals surface area contributed by atoms with Crippen molar-refractivity contribution in [3.8, 4) is 0 Å². The van der Waals surface area contributed by atoms with E-state index in [2.05, 4.69) is 143 Å². The van der Waals surface area contributed by atoms with Crippen molar-refractivity contribution in [1.82, 2.24) is 15.2 Å². The molecule has 286 valence electrons. The van der Waals surface area contributed by atoms with Crippen molar-refractivity contribution in [2.75, 3.05) is 9.80 Å². The molecule has 0 amide bonds. The number of para-hydroxylation sites is 2. The van der Waals surface area contributed by atoms with E-state index < -0.39 is 0 Å². The standard InChI is InChI=1S/C53H31N5O3/c1-3-11-34-25-36(19-17-32(34)9-1)57(38-21-23-42-40-13-5-7-15-45(40)59-47(42)27-38)51-29-49-44(31-54-51)53-50(61-49)30-52(55-56-53)58(37-20-18-33-10-2-4-12-35(33)26-37)39-22-24-43-41-14-6-8-16-46(41)60-48(43)28-39/h1-31H. The van der Waals surface area contributed by atoms with Crippen molar-refractivity contribution in [3.63, 3.8) is 0 Å². The molecule has 0 unspecified atom stereocenters. The van der Waals surface area contributed by atoms with Gasteiger partial charge in [0.2, 0.25) is 0 Å². The first-order chi connectivity index (χ1) is 30.2. The highest BCUT2D eigenvalue weighted by atomic mass is 16.3. The molecule has 0 aliphatic heterocycles. The van der Waals surface area contributed by atoms with E-state index in [9.17, 15) is 0 Å². The molecule has 0 aliphatic carbocycles. The smallest absolute Gasteiger partial charge is 0.164 e. The van der Waals surface area contributed by atoms with Crippen molar-refractivity contribution < 1.29 is 13.3 Å². The average molecular weight is 786 g/mol. The van der Waals surface area contributed by atoms with Crippen molar-refractivity contribution in [2.45, 2.75) is 0 Å². The highest BCUT2D eigenvalue weighted by Crippen LogP contribution is 2.43. The SMILES string of the molecule is c1ccc2cc(N(c3ccc4c(c3)oc3ccccc34)c3cc4oc5cc(N(c6ccc7ccccc7c6)c6ccc7c(c6)oc6ccccc67)nnc5c4cn3)ccc2c1. The second-order valence-electron chi connectivity index (χ2n) is 15.3. The molecule has 5 heterocycles. The lowest BCUT2D eigenvalue weighted by Gasteiger charge is -2.24. The van der Waals surface area contributed by atoms with E-state index in [1.54, 1.807) is 0 Å². The van der Waals surface area contributed by atoms with E-state index in [1.165, 1.54) is 0 Å². The molecule has 0 saturated carbocycles. The van der Waals surface area contributed by atoms with Crippen molar-refractivity contribution in [1.29, 1.82) is 0 Å². The van der Waals surface area contributed by atoms with E-state index in [0.717, 1.165) is 93.6 Å². The third-order valence-electron chi connectivity index (χ3n) is 11.8. The zero-order valence-electron chi connectivity index (χ0n) is 32.4. The van der Waals surface area contributed by atoms with E-state index in [0.29, 0.717) is 28.3 Å². The van der Waals surface area contributed by atoms with Gasteiger partial charge in [-0.25, -0.2) is 4.98 Å². The fourth-order valence-corrected chi connectivity index (χ4v) is 8.83. The van der Waals surface area contributed by atoms with Gasteiger partial charge in [-0.15, -0.1) is 10.2 Å². The van der Waals surface area contributed by atoms with Crippen LogP contribution in [0.2, 0.25) is 0 Å². The Labute approximate surface area is 347 Å². The van der Waals surface area contributed by atoms with E-state index >= 15 is 0 Å². The number of hydrogen-bond acceptors (Lipinski definition) is 8. The van der Waals surface area contributed by atoms with Crippen LogP contribution in [0, 0.1) is 0 Å². The molecule has 0 spiro atoms. The molecule has 0 fully saturated rings. The Balaban J connectivity index is 0.961. The number of anilines is 6. The van der Waals surface area contributed by atoms with Crippen LogP contribution in [0.3, 0.4) is 0 Å². The van der Waals surface area contributed by atoms with Gasteiger partial charge in [-0.1, -0.05) is 97.1 Å². The van der Waals surface area contributed by atoms with E-state index in [-0.39, 0.29) is 0 Å². The largest absolute Gasteiger partial charge is 0.456 e. The number of furan rings is 3. The third kappa shape index (κ3) is 5.36. The Hall–Kier alpha value is -8.49. The molecule has 0 N–H and O–H groups in total. The monoisotopic (exact) mass is 785 g/mol. The van der Waals surface area contributed by atoms with Crippen LogP contribution in [0.15, 0.2) is 201 Å². The van der Waals surface area contributed by atoms with Crippen LogP contribution in [-0.4, -0.2) is 15.2 Å². The lowest BCUT2D eigenvalue weighted by Crippen LogP contribution is -2.12. The van der Waals surface area contributed by atoms with Crippen LogP contribution in [0.4, 0.5) is 34.4 Å². The average Bonchev–Trinajstić information content (AvgIpc) is 3.99. The minimum absolute atomic E-state index is 0.593. The quantitative estimate of drug-likeness (QED) is 0.165. The van der Waals surface area contributed by atoms with Crippen LogP contribution in [0.25, 0.3) is 87.5 Å². The van der Waals surface area contributed by atoms with Crippen LogP contribution >= 0.6 is 0 Å². The number of fused-ring (bicyclic) bond motifs is 11. The van der Waals surface area contributed by atoms with Gasteiger partial charge in [0.05, 0.1) is 16.8 Å². The summed E-state index contributed by atoms with van der Waals surface area (Å²) in [6.45, 7) is 0. The van der Waals surface area contributed by atoms with Gasteiger partial charge < -0.3 is 13.3 Å². The summed E-state index contributed by atoms with van der Waals surface area (Å²) in [5.74, 6) is 1.28. The predicted octanol–water partition coefficient (Wildman–Crippen LogP) is 14.8. The molecule has 8 aromatic carbocycles. The van der Waals surface area contributed by atoms with Crippen LogP contribution in [0.5, 0.6) is 0 Å². The summed E-state index contributed by atoms with van der Waals surface area (Å²) < 4.78 is 19.4. The number of aromatic nitrogens is 3. The summed E-state index contributed by atoms with van der Waals surface area (Å²) in [6.07, 6.45) is 1.83. The molecular weight excluding hydrogens is 755 g/mol. The highest BCUT2D eigenvalue weighted by molar-refractivity contribution is 6.08. The fraction of sp³-hybridized carbons (Fsp3) is 0. The Kier molecular flexibility index (Phi) is 7.14. The summed E-state index contributed by atoms with van der Waals surface area (Å²) in [7, 11) is 0. The molecule has 8 heteroatoms. The van der Waals surface area contributed by atoms with Gasteiger partial charge in [-0.2, -0.15) is 0 Å². The second kappa shape index (κ2) is 13.0. The van der Waals surface area contributed by atoms with Crippen LogP contribution < -0.4 is 9.80 Å². The Morgan fingerprint density at radius 1 is 0.311 bits per heavy atom. The number of benzene rings is 8. The van der Waals surface area contributed by atoms with Crippen molar-refractivity contribution in [3.05, 3.63) is 188 Å². The number of nitrogens with zero attached hydrogens (tertiary/aromatic N) is 5. The first-order valence-corrected chi connectivity index (χ1v) is 20.2. The lowest BCUT2D eigenvalue weighted by molar-refractivity contribution is 0.666. The predicted molar refractivity (Wildman–Crippen MR) is 246 cm³/mol. The first-order valence-electron chi connectivity index (χ1n) is 20.2. The van der Waals surface area contributed by atoms with Crippen LogP contribution in [-0.2, 0) is 0 Å². The Bertz CT molecular complexity index is 3630. The first kappa shape index (κ1) is 33.5.